The molecule has 0 bridgehead atoms. The summed E-state index contributed by atoms with van der Waals surface area (Å²) in [7, 11) is -3.81. The Labute approximate surface area is 185 Å². The number of carbonyl (C=O) groups is 1. The van der Waals surface area contributed by atoms with Crippen LogP contribution >= 0.6 is 11.3 Å². The minimum Gasteiger partial charge on any atom is -0.468 e. The van der Waals surface area contributed by atoms with Crippen molar-refractivity contribution in [3.8, 4) is 0 Å². The van der Waals surface area contributed by atoms with E-state index in [4.69, 9.17) is 4.42 Å². The molecule has 31 heavy (non-hydrogen) atoms. The molecule has 0 spiro atoms. The number of benzene rings is 1. The van der Waals surface area contributed by atoms with Gasteiger partial charge in [0.25, 0.3) is 5.91 Å². The van der Waals surface area contributed by atoms with Gasteiger partial charge < -0.3 is 4.42 Å². The Morgan fingerprint density at radius 1 is 1.19 bits per heavy atom. The highest BCUT2D eigenvalue weighted by Crippen LogP contribution is 2.35. The molecule has 0 atom stereocenters. The number of furan rings is 1. The van der Waals surface area contributed by atoms with Gasteiger partial charge in [0.15, 0.2) is 0 Å². The van der Waals surface area contributed by atoms with Crippen LogP contribution in [0, 0.1) is 6.92 Å². The number of aryl methyl sites for hydroxylation is 1. The maximum Gasteiger partial charge on any atom is 0.257 e. The summed E-state index contributed by atoms with van der Waals surface area (Å²) in [5.74, 6) is 0.498. The number of hydrogen-bond acceptors (Lipinski definition) is 7. The molecule has 164 valence electrons. The molecule has 10 heteroatoms. The Morgan fingerprint density at radius 2 is 2.00 bits per heavy atom. The van der Waals surface area contributed by atoms with Crippen molar-refractivity contribution in [2.75, 3.05) is 5.32 Å². The van der Waals surface area contributed by atoms with E-state index < -0.39 is 15.9 Å². The van der Waals surface area contributed by atoms with Crippen LogP contribution in [0.15, 0.2) is 45.9 Å². The van der Waals surface area contributed by atoms with Gasteiger partial charge in [0.05, 0.1) is 17.7 Å². The summed E-state index contributed by atoms with van der Waals surface area (Å²) in [5.41, 5.74) is 0.940. The van der Waals surface area contributed by atoms with Crippen LogP contribution in [-0.2, 0) is 16.6 Å². The van der Waals surface area contributed by atoms with E-state index in [0.717, 1.165) is 17.8 Å². The average molecular weight is 461 g/mol. The first kappa shape index (κ1) is 21.7. The molecule has 0 radical (unpaired) electrons. The monoisotopic (exact) mass is 460 g/mol. The lowest BCUT2D eigenvalue weighted by molar-refractivity contribution is 0.102. The zero-order valence-electron chi connectivity index (χ0n) is 17.1. The first-order valence-electron chi connectivity index (χ1n) is 10.2. The van der Waals surface area contributed by atoms with Gasteiger partial charge in [0.1, 0.15) is 10.8 Å². The van der Waals surface area contributed by atoms with Crippen molar-refractivity contribution in [2.24, 2.45) is 0 Å². The Kier molecular flexibility index (Phi) is 6.49. The highest BCUT2D eigenvalue weighted by atomic mass is 32.2. The molecule has 1 aliphatic rings. The summed E-state index contributed by atoms with van der Waals surface area (Å²) in [6.07, 6.45) is 7.33. The molecule has 1 aliphatic carbocycles. The van der Waals surface area contributed by atoms with E-state index in [-0.39, 0.29) is 17.0 Å². The molecular formula is C21H24N4O4S2. The molecule has 4 rings (SSSR count). The summed E-state index contributed by atoms with van der Waals surface area (Å²) in [6.45, 7) is 1.79. The zero-order valence-corrected chi connectivity index (χ0v) is 18.8. The molecule has 0 aliphatic heterocycles. The van der Waals surface area contributed by atoms with Crippen LogP contribution in [0.4, 0.5) is 5.13 Å². The number of sulfonamides is 1. The summed E-state index contributed by atoms with van der Waals surface area (Å²) in [5, 5.41) is 12.5. The molecule has 1 fully saturated rings. The van der Waals surface area contributed by atoms with Gasteiger partial charge in [-0.15, -0.1) is 10.2 Å². The van der Waals surface area contributed by atoms with Crippen LogP contribution in [-0.4, -0.2) is 24.5 Å². The second-order valence-electron chi connectivity index (χ2n) is 7.62. The minimum absolute atomic E-state index is 0.00923. The van der Waals surface area contributed by atoms with Gasteiger partial charge in [-0.1, -0.05) is 36.7 Å². The molecule has 1 saturated carbocycles. The minimum atomic E-state index is -3.81. The van der Waals surface area contributed by atoms with E-state index in [1.165, 1.54) is 49.0 Å². The molecule has 8 nitrogen and oxygen atoms in total. The quantitative estimate of drug-likeness (QED) is 0.546. The standard InChI is InChI=1S/C21H24N4O4S2/c1-14-9-10-17(31(27,28)22-13-16-8-5-11-29-16)12-18(14)19(26)23-21-25-24-20(30-21)15-6-3-2-4-7-15/h5,8-12,15,22H,2-4,6-7,13H2,1H3,(H,23,25,26). The molecule has 2 N–H and O–H groups in total. The first-order chi connectivity index (χ1) is 14.9. The highest BCUT2D eigenvalue weighted by molar-refractivity contribution is 7.89. The summed E-state index contributed by atoms with van der Waals surface area (Å²) >= 11 is 1.39. The van der Waals surface area contributed by atoms with E-state index in [1.807, 2.05) is 0 Å². The fraction of sp³-hybridized carbons (Fsp3) is 0.381. The van der Waals surface area contributed by atoms with E-state index in [0.29, 0.717) is 22.4 Å². The predicted molar refractivity (Wildman–Crippen MR) is 118 cm³/mol. The average Bonchev–Trinajstić information content (AvgIpc) is 3.45. The molecule has 1 amide bonds. The summed E-state index contributed by atoms with van der Waals surface area (Å²) in [4.78, 5) is 12.9. The number of hydrogen-bond donors (Lipinski definition) is 2. The Hall–Kier alpha value is -2.56. The normalized spacial score (nSPS) is 15.1. The second-order valence-corrected chi connectivity index (χ2v) is 10.4. The van der Waals surface area contributed by atoms with Gasteiger partial charge in [-0.3, -0.25) is 10.1 Å². The van der Waals surface area contributed by atoms with Crippen LogP contribution in [0.1, 0.15) is 64.7 Å². The number of aromatic nitrogens is 2. The fourth-order valence-electron chi connectivity index (χ4n) is 3.64. The lowest BCUT2D eigenvalue weighted by atomic mass is 9.90. The Morgan fingerprint density at radius 3 is 2.74 bits per heavy atom. The lowest BCUT2D eigenvalue weighted by Crippen LogP contribution is -2.24. The number of carbonyl (C=O) groups excluding carboxylic acids is 1. The summed E-state index contributed by atoms with van der Waals surface area (Å²) < 4.78 is 32.9. The van der Waals surface area contributed by atoms with E-state index in [2.05, 4.69) is 20.2 Å². The van der Waals surface area contributed by atoms with Crippen LogP contribution in [0.5, 0.6) is 0 Å². The third-order valence-electron chi connectivity index (χ3n) is 5.40. The first-order valence-corrected chi connectivity index (χ1v) is 12.5. The Bertz CT molecular complexity index is 1150. The molecule has 0 unspecified atom stereocenters. The van der Waals surface area contributed by atoms with Crippen LogP contribution in [0.25, 0.3) is 0 Å². The van der Waals surface area contributed by atoms with Gasteiger partial charge >= 0.3 is 0 Å². The van der Waals surface area contributed by atoms with Gasteiger partial charge in [0, 0.05) is 11.5 Å². The van der Waals surface area contributed by atoms with E-state index in [9.17, 15) is 13.2 Å². The number of amides is 1. The molecule has 2 heterocycles. The van der Waals surface area contributed by atoms with E-state index in [1.54, 1.807) is 25.1 Å². The Balaban J connectivity index is 1.47. The fourth-order valence-corrected chi connectivity index (χ4v) is 5.57. The van der Waals surface area contributed by atoms with Crippen molar-refractivity contribution in [3.05, 3.63) is 58.5 Å². The number of nitrogens with zero attached hydrogens (tertiary/aromatic N) is 2. The van der Waals surface area contributed by atoms with E-state index >= 15 is 0 Å². The van der Waals surface area contributed by atoms with Crippen molar-refractivity contribution in [2.45, 2.75) is 56.4 Å². The number of nitrogens with one attached hydrogen (secondary N) is 2. The smallest absolute Gasteiger partial charge is 0.257 e. The van der Waals surface area contributed by atoms with Crippen LogP contribution in [0.2, 0.25) is 0 Å². The molecule has 3 aromatic rings. The highest BCUT2D eigenvalue weighted by Gasteiger charge is 2.22. The number of rotatable bonds is 7. The summed E-state index contributed by atoms with van der Waals surface area (Å²) in [6, 6.07) is 7.83. The van der Waals surface area contributed by atoms with Crippen LogP contribution < -0.4 is 10.0 Å². The van der Waals surface area contributed by atoms with Crippen molar-refractivity contribution in [1.29, 1.82) is 0 Å². The maximum absolute atomic E-state index is 12.8. The molecular weight excluding hydrogens is 436 g/mol. The van der Waals surface area contributed by atoms with Crippen LogP contribution in [0.3, 0.4) is 0 Å². The van der Waals surface area contributed by atoms with Gasteiger partial charge in [-0.25, -0.2) is 13.1 Å². The third kappa shape index (κ3) is 5.20. The SMILES string of the molecule is Cc1ccc(S(=O)(=O)NCc2ccco2)cc1C(=O)Nc1nnc(C2CCCCC2)s1. The van der Waals surface area contributed by atoms with Crippen molar-refractivity contribution in [3.63, 3.8) is 0 Å². The van der Waals surface area contributed by atoms with Crippen molar-refractivity contribution in [1.82, 2.24) is 14.9 Å². The maximum atomic E-state index is 12.8. The number of anilines is 1. The van der Waals surface area contributed by atoms with Gasteiger partial charge in [-0.2, -0.15) is 0 Å². The molecule has 2 aromatic heterocycles. The van der Waals surface area contributed by atoms with Crippen molar-refractivity contribution < 1.29 is 17.6 Å². The van der Waals surface area contributed by atoms with Gasteiger partial charge in [0.2, 0.25) is 15.2 Å². The predicted octanol–water partition coefficient (Wildman–Crippen LogP) is 4.22. The lowest BCUT2D eigenvalue weighted by Gasteiger charge is -2.18. The van der Waals surface area contributed by atoms with Crippen molar-refractivity contribution >= 4 is 32.4 Å². The second kappa shape index (κ2) is 9.29. The largest absolute Gasteiger partial charge is 0.468 e. The molecule has 1 aromatic carbocycles. The molecule has 0 saturated heterocycles. The van der Waals surface area contributed by atoms with Gasteiger partial charge in [-0.05, 0) is 49.6 Å². The zero-order chi connectivity index (χ0) is 21.8. The topological polar surface area (TPSA) is 114 Å². The third-order valence-corrected chi connectivity index (χ3v) is 7.80.